The molecule has 2 nitrogen and oxygen atoms in total. The first-order valence-corrected chi connectivity index (χ1v) is 7.69. The third-order valence-corrected chi connectivity index (χ3v) is 5.64. The summed E-state index contributed by atoms with van der Waals surface area (Å²) in [6, 6.07) is 2.54. The number of aliphatic hydroxyl groups is 1. The molecule has 102 valence electrons. The Hall–Kier alpha value is -0.550. The lowest BCUT2D eigenvalue weighted by atomic mass is 9.57. The Balaban J connectivity index is 2.18. The van der Waals surface area contributed by atoms with Gasteiger partial charge < -0.3 is 5.11 Å². The fourth-order valence-corrected chi connectivity index (χ4v) is 4.08. The highest BCUT2D eigenvalue weighted by Crippen LogP contribution is 2.52. The normalized spacial score (nSPS) is 45.4. The number of hydrogen-bond acceptors (Lipinski definition) is 2. The second kappa shape index (κ2) is 5.21. The molecule has 0 radical (unpaired) electrons. The van der Waals surface area contributed by atoms with Gasteiger partial charge in [0.2, 0.25) is 0 Å². The quantitative estimate of drug-likeness (QED) is 0.802. The zero-order valence-electron chi connectivity index (χ0n) is 11.9. The molecule has 0 spiro atoms. The Morgan fingerprint density at radius 2 is 1.89 bits per heavy atom. The van der Waals surface area contributed by atoms with Crippen LogP contribution in [0.1, 0.15) is 71.6 Å². The summed E-state index contributed by atoms with van der Waals surface area (Å²) in [6.07, 6.45) is 9.16. The molecule has 2 rings (SSSR count). The highest BCUT2D eigenvalue weighted by atomic mass is 16.3. The molecule has 0 amide bonds. The maximum absolute atomic E-state index is 11.1. The summed E-state index contributed by atoms with van der Waals surface area (Å²) in [5.41, 5.74) is -1.16. The molecule has 0 aromatic heterocycles. The lowest BCUT2D eigenvalue weighted by Crippen LogP contribution is -2.52. The standard InChI is InChI=1S/C16H27NO/c1-3-14-5-4-8-16(18,11-14)15(12-17)9-6-13(2)7-10-15/h13-14,18H,3-11H2,1-2H3. The molecule has 2 heteroatoms. The molecule has 2 aliphatic carbocycles. The molecular formula is C16H27NO. The van der Waals surface area contributed by atoms with Crippen LogP contribution >= 0.6 is 0 Å². The molecule has 0 saturated heterocycles. The highest BCUT2D eigenvalue weighted by molar-refractivity contribution is 5.14. The SMILES string of the molecule is CCC1CCCC(O)(C2(C#N)CCC(C)CC2)C1. The second-order valence-electron chi connectivity index (χ2n) is 6.78. The summed E-state index contributed by atoms with van der Waals surface area (Å²) in [5, 5.41) is 20.8. The summed E-state index contributed by atoms with van der Waals surface area (Å²) in [6.45, 7) is 4.47. The minimum Gasteiger partial charge on any atom is -0.388 e. The number of nitriles is 1. The minimum absolute atomic E-state index is 0.451. The van der Waals surface area contributed by atoms with E-state index in [1.165, 1.54) is 6.42 Å². The molecule has 0 heterocycles. The first-order valence-electron chi connectivity index (χ1n) is 7.69. The van der Waals surface area contributed by atoms with Gasteiger partial charge >= 0.3 is 0 Å². The van der Waals surface area contributed by atoms with E-state index in [9.17, 15) is 10.4 Å². The molecule has 2 unspecified atom stereocenters. The zero-order valence-corrected chi connectivity index (χ0v) is 11.9. The molecule has 2 atom stereocenters. The van der Waals surface area contributed by atoms with E-state index in [1.807, 2.05) is 0 Å². The van der Waals surface area contributed by atoms with Crippen LogP contribution in [0, 0.1) is 28.6 Å². The molecule has 0 aliphatic heterocycles. The number of hydrogen-bond donors (Lipinski definition) is 1. The van der Waals surface area contributed by atoms with Gasteiger partial charge in [-0.2, -0.15) is 5.26 Å². The predicted octanol–water partition coefficient (Wildman–Crippen LogP) is 4.04. The maximum atomic E-state index is 11.1. The molecule has 2 saturated carbocycles. The molecule has 18 heavy (non-hydrogen) atoms. The fourth-order valence-electron chi connectivity index (χ4n) is 4.08. The van der Waals surface area contributed by atoms with E-state index in [-0.39, 0.29) is 0 Å². The first kappa shape index (κ1) is 13.9. The molecule has 2 aliphatic rings. The van der Waals surface area contributed by atoms with Crippen LogP contribution in [0.3, 0.4) is 0 Å². The van der Waals surface area contributed by atoms with E-state index >= 15 is 0 Å². The van der Waals surface area contributed by atoms with Crippen LogP contribution in [0.25, 0.3) is 0 Å². The van der Waals surface area contributed by atoms with Crippen molar-refractivity contribution in [1.82, 2.24) is 0 Å². The van der Waals surface area contributed by atoms with Gasteiger partial charge in [0.05, 0.1) is 17.1 Å². The Labute approximate surface area is 111 Å². The van der Waals surface area contributed by atoms with E-state index in [4.69, 9.17) is 0 Å². The molecule has 1 N–H and O–H groups in total. The van der Waals surface area contributed by atoms with Gasteiger partial charge in [0.25, 0.3) is 0 Å². The van der Waals surface area contributed by atoms with Crippen molar-refractivity contribution in [3.8, 4) is 6.07 Å². The van der Waals surface area contributed by atoms with Crippen molar-refractivity contribution in [2.75, 3.05) is 0 Å². The van der Waals surface area contributed by atoms with Crippen LogP contribution in [0.2, 0.25) is 0 Å². The van der Waals surface area contributed by atoms with Crippen molar-refractivity contribution >= 4 is 0 Å². The Morgan fingerprint density at radius 1 is 1.22 bits per heavy atom. The molecule has 0 bridgehead atoms. The van der Waals surface area contributed by atoms with Gasteiger partial charge in [-0.25, -0.2) is 0 Å². The second-order valence-corrected chi connectivity index (χ2v) is 6.78. The topological polar surface area (TPSA) is 44.0 Å². The third kappa shape index (κ3) is 2.30. The number of rotatable bonds is 2. The van der Waals surface area contributed by atoms with Crippen molar-refractivity contribution in [3.63, 3.8) is 0 Å². The molecule has 0 aromatic rings. The van der Waals surface area contributed by atoms with Crippen molar-refractivity contribution in [2.45, 2.75) is 77.2 Å². The average molecular weight is 249 g/mol. The van der Waals surface area contributed by atoms with Gasteiger partial charge in [-0.1, -0.05) is 33.1 Å². The van der Waals surface area contributed by atoms with Crippen molar-refractivity contribution in [2.24, 2.45) is 17.3 Å². The van der Waals surface area contributed by atoms with E-state index < -0.39 is 11.0 Å². The van der Waals surface area contributed by atoms with E-state index in [1.54, 1.807) is 0 Å². The van der Waals surface area contributed by atoms with E-state index in [0.717, 1.165) is 57.3 Å². The van der Waals surface area contributed by atoms with E-state index in [0.29, 0.717) is 5.92 Å². The Morgan fingerprint density at radius 3 is 2.44 bits per heavy atom. The lowest BCUT2D eigenvalue weighted by molar-refractivity contribution is -0.113. The van der Waals surface area contributed by atoms with Gasteiger partial charge in [-0.15, -0.1) is 0 Å². The summed E-state index contributed by atoms with van der Waals surface area (Å²) >= 11 is 0. The van der Waals surface area contributed by atoms with Crippen LogP contribution < -0.4 is 0 Å². The van der Waals surface area contributed by atoms with Gasteiger partial charge in [-0.05, 0) is 50.4 Å². The van der Waals surface area contributed by atoms with Gasteiger partial charge in [-0.3, -0.25) is 0 Å². The fraction of sp³-hybridized carbons (Fsp3) is 0.938. The highest BCUT2D eigenvalue weighted by Gasteiger charge is 2.53. The van der Waals surface area contributed by atoms with Crippen LogP contribution in [0.15, 0.2) is 0 Å². The van der Waals surface area contributed by atoms with Crippen molar-refractivity contribution in [3.05, 3.63) is 0 Å². The summed E-state index contributed by atoms with van der Waals surface area (Å²) in [5.74, 6) is 1.34. The summed E-state index contributed by atoms with van der Waals surface area (Å²) in [7, 11) is 0. The zero-order chi connectivity index (χ0) is 13.2. The van der Waals surface area contributed by atoms with Crippen LogP contribution in [0.4, 0.5) is 0 Å². The average Bonchev–Trinajstić information content (AvgIpc) is 2.39. The Bertz CT molecular complexity index is 324. The van der Waals surface area contributed by atoms with Crippen molar-refractivity contribution in [1.29, 1.82) is 5.26 Å². The number of nitrogens with zero attached hydrogens (tertiary/aromatic N) is 1. The van der Waals surface area contributed by atoms with E-state index in [2.05, 4.69) is 19.9 Å². The maximum Gasteiger partial charge on any atom is 0.0860 e. The summed E-state index contributed by atoms with van der Waals surface area (Å²) < 4.78 is 0. The monoisotopic (exact) mass is 249 g/mol. The smallest absolute Gasteiger partial charge is 0.0860 e. The van der Waals surface area contributed by atoms with Gasteiger partial charge in [0.15, 0.2) is 0 Å². The molecular weight excluding hydrogens is 222 g/mol. The Kier molecular flexibility index (Phi) is 4.02. The van der Waals surface area contributed by atoms with Gasteiger partial charge in [0.1, 0.15) is 0 Å². The van der Waals surface area contributed by atoms with Gasteiger partial charge in [0, 0.05) is 0 Å². The van der Waals surface area contributed by atoms with Crippen LogP contribution in [-0.4, -0.2) is 10.7 Å². The largest absolute Gasteiger partial charge is 0.388 e. The minimum atomic E-state index is -0.708. The molecule has 0 aromatic carbocycles. The van der Waals surface area contributed by atoms with Crippen LogP contribution in [-0.2, 0) is 0 Å². The summed E-state index contributed by atoms with van der Waals surface area (Å²) in [4.78, 5) is 0. The predicted molar refractivity (Wildman–Crippen MR) is 72.9 cm³/mol. The molecule has 2 fully saturated rings. The third-order valence-electron chi connectivity index (χ3n) is 5.64. The first-order chi connectivity index (χ1) is 8.55. The lowest BCUT2D eigenvalue weighted by Gasteiger charge is -2.49. The van der Waals surface area contributed by atoms with Crippen LogP contribution in [0.5, 0.6) is 0 Å². The van der Waals surface area contributed by atoms with Crippen molar-refractivity contribution < 1.29 is 5.11 Å².